The van der Waals surface area contributed by atoms with Crippen LogP contribution in [0.1, 0.15) is 27.7 Å². The maximum atomic E-state index is 4.07. The molecule has 0 amide bonds. The van der Waals surface area contributed by atoms with E-state index >= 15 is 0 Å². The molecule has 1 radical (unpaired) electrons. The first-order valence-corrected chi connectivity index (χ1v) is 3.08. The highest BCUT2D eigenvalue weighted by Gasteiger charge is 1.93. The van der Waals surface area contributed by atoms with E-state index in [-0.39, 0.29) is 0 Å². The average molecular weight is 115 g/mol. The Bertz CT molecular complexity index is 42.5. The van der Waals surface area contributed by atoms with Crippen LogP contribution in [0.5, 0.6) is 0 Å². The summed E-state index contributed by atoms with van der Waals surface area (Å²) in [6.07, 6.45) is 0. The molecule has 0 aromatic carbocycles. The molecule has 0 atom stereocenters. The van der Waals surface area contributed by atoms with Gasteiger partial charge in [-0.05, 0) is 27.7 Å². The van der Waals surface area contributed by atoms with E-state index in [9.17, 15) is 0 Å². The van der Waals surface area contributed by atoms with E-state index in [1.165, 1.54) is 0 Å². The third kappa shape index (κ3) is 5.92. The summed E-state index contributed by atoms with van der Waals surface area (Å²) in [7, 11) is 0. The van der Waals surface area contributed by atoms with Gasteiger partial charge in [0.05, 0.1) is 0 Å². The van der Waals surface area contributed by atoms with E-state index < -0.39 is 0 Å². The molecule has 0 aliphatic rings. The van der Waals surface area contributed by atoms with Crippen LogP contribution in [0.15, 0.2) is 0 Å². The number of hydrogen-bond acceptors (Lipinski definition) is 1. The molecule has 0 heterocycles. The Kier molecular flexibility index (Phi) is 3.83. The zero-order valence-corrected chi connectivity index (χ0v) is 6.10. The van der Waals surface area contributed by atoms with Crippen LogP contribution in [-0.2, 0) is 0 Å². The Labute approximate surface area is 51.6 Å². The van der Waals surface area contributed by atoms with Crippen molar-refractivity contribution >= 4 is 0 Å². The molecule has 0 unspecified atom stereocenters. The van der Waals surface area contributed by atoms with Crippen LogP contribution in [0.2, 0.25) is 0 Å². The first kappa shape index (κ1) is 7.92. The highest BCUT2D eigenvalue weighted by Crippen LogP contribution is 1.77. The van der Waals surface area contributed by atoms with Gasteiger partial charge in [-0.3, -0.25) is 0 Å². The van der Waals surface area contributed by atoms with Crippen molar-refractivity contribution in [1.29, 1.82) is 0 Å². The zero-order chi connectivity index (χ0) is 6.57. The largest absolute Gasteiger partial charge is 0.237 e. The van der Waals surface area contributed by atoms with Crippen molar-refractivity contribution in [2.45, 2.75) is 39.8 Å². The molecular weight excluding hydrogens is 100 g/mol. The van der Waals surface area contributed by atoms with E-state index in [2.05, 4.69) is 38.5 Å². The number of nitrogens with zero attached hydrogens (tertiary/aromatic N) is 1. The molecule has 2 heteroatoms. The fourth-order valence-corrected chi connectivity index (χ4v) is 0.298. The van der Waals surface area contributed by atoms with Gasteiger partial charge < -0.3 is 0 Å². The molecule has 0 spiro atoms. The van der Waals surface area contributed by atoms with Crippen LogP contribution in [0.3, 0.4) is 0 Å². The molecule has 0 aliphatic carbocycles. The maximum absolute atomic E-state index is 4.07. The van der Waals surface area contributed by atoms with Gasteiger partial charge in [0, 0.05) is 12.1 Å². The van der Waals surface area contributed by atoms with Gasteiger partial charge in [-0.25, -0.2) is 5.43 Å². The van der Waals surface area contributed by atoms with Gasteiger partial charge in [0.1, 0.15) is 0 Å². The molecule has 0 fully saturated rings. The topological polar surface area (TPSA) is 26.1 Å². The molecule has 0 saturated carbocycles. The van der Waals surface area contributed by atoms with Crippen molar-refractivity contribution in [2.24, 2.45) is 0 Å². The second-order valence-electron chi connectivity index (χ2n) is 2.51. The predicted molar refractivity (Wildman–Crippen MR) is 35.5 cm³/mol. The van der Waals surface area contributed by atoms with E-state index in [1.807, 2.05) is 0 Å². The van der Waals surface area contributed by atoms with Gasteiger partial charge in [-0.15, -0.1) is 0 Å². The van der Waals surface area contributed by atoms with E-state index in [0.717, 1.165) is 0 Å². The van der Waals surface area contributed by atoms with Crippen LogP contribution in [0, 0.1) is 0 Å². The lowest BCUT2D eigenvalue weighted by molar-refractivity contribution is 0.417. The smallest absolute Gasteiger partial charge is 0.0359 e. The van der Waals surface area contributed by atoms with Crippen molar-refractivity contribution < 1.29 is 0 Å². The van der Waals surface area contributed by atoms with Gasteiger partial charge in [0.2, 0.25) is 0 Å². The summed E-state index contributed by atoms with van der Waals surface area (Å²) in [5, 5.41) is 0. The fraction of sp³-hybridized carbons (Fsp3) is 1.00. The average Bonchev–Trinajstić information content (AvgIpc) is 1.61. The summed E-state index contributed by atoms with van der Waals surface area (Å²) in [6, 6.07) is 0.870. The molecule has 0 bridgehead atoms. The molecule has 8 heavy (non-hydrogen) atoms. The Morgan fingerprint density at radius 2 is 1.62 bits per heavy atom. The highest BCUT2D eigenvalue weighted by atomic mass is 15.4. The monoisotopic (exact) mass is 115 g/mol. The van der Waals surface area contributed by atoms with E-state index in [0.29, 0.717) is 12.1 Å². The Balaban J connectivity index is 2.93. The maximum Gasteiger partial charge on any atom is 0.0359 e. The van der Waals surface area contributed by atoms with Crippen molar-refractivity contribution in [3.63, 3.8) is 0 Å². The van der Waals surface area contributed by atoms with Crippen molar-refractivity contribution in [1.82, 2.24) is 10.9 Å². The summed E-state index contributed by atoms with van der Waals surface area (Å²) in [5.41, 5.74) is 7.04. The number of hydrogen-bond donors (Lipinski definition) is 1. The zero-order valence-electron chi connectivity index (χ0n) is 6.10. The van der Waals surface area contributed by atoms with Gasteiger partial charge in [-0.2, -0.15) is 5.43 Å². The Morgan fingerprint density at radius 1 is 1.12 bits per heavy atom. The van der Waals surface area contributed by atoms with Gasteiger partial charge in [-0.1, -0.05) is 0 Å². The van der Waals surface area contributed by atoms with Crippen LogP contribution in [-0.4, -0.2) is 12.1 Å². The third-order valence-corrected chi connectivity index (χ3v) is 0.591. The van der Waals surface area contributed by atoms with Gasteiger partial charge >= 0.3 is 0 Å². The van der Waals surface area contributed by atoms with Crippen LogP contribution in [0.25, 0.3) is 0 Å². The quantitative estimate of drug-likeness (QED) is 0.544. The highest BCUT2D eigenvalue weighted by molar-refractivity contribution is 4.49. The Morgan fingerprint density at radius 3 is 1.75 bits per heavy atom. The standard InChI is InChI=1S/C6H15N2/c1-5(2)7-8-6(3)4/h5-7H,1-4H3. The molecule has 0 aliphatic heterocycles. The molecule has 0 aromatic rings. The van der Waals surface area contributed by atoms with E-state index in [4.69, 9.17) is 0 Å². The number of rotatable bonds is 3. The summed E-state index contributed by atoms with van der Waals surface area (Å²) in [5.74, 6) is 0. The van der Waals surface area contributed by atoms with Gasteiger partial charge in [0.25, 0.3) is 0 Å². The SMILES string of the molecule is CC(C)[N]NC(C)C. The molecule has 0 saturated heterocycles. The molecule has 0 rings (SSSR count). The first-order chi connectivity index (χ1) is 3.63. The van der Waals surface area contributed by atoms with E-state index in [1.54, 1.807) is 0 Å². The van der Waals surface area contributed by atoms with Crippen molar-refractivity contribution in [3.05, 3.63) is 0 Å². The third-order valence-electron chi connectivity index (χ3n) is 0.591. The second kappa shape index (κ2) is 3.87. The van der Waals surface area contributed by atoms with Crippen molar-refractivity contribution in [3.8, 4) is 0 Å². The van der Waals surface area contributed by atoms with Crippen molar-refractivity contribution in [2.75, 3.05) is 0 Å². The Hall–Kier alpha value is -0.0800. The lowest BCUT2D eigenvalue weighted by Gasteiger charge is -2.08. The molecule has 1 N–H and O–H groups in total. The normalized spacial score (nSPS) is 11.2. The molecule has 49 valence electrons. The van der Waals surface area contributed by atoms with Crippen LogP contribution >= 0.6 is 0 Å². The minimum absolute atomic E-state index is 0.400. The molecule has 0 aromatic heterocycles. The summed E-state index contributed by atoms with van der Waals surface area (Å²) in [6.45, 7) is 8.25. The minimum atomic E-state index is 0.400. The second-order valence-corrected chi connectivity index (χ2v) is 2.51. The van der Waals surface area contributed by atoms with Crippen LogP contribution in [0.4, 0.5) is 0 Å². The summed E-state index contributed by atoms with van der Waals surface area (Å²) >= 11 is 0. The summed E-state index contributed by atoms with van der Waals surface area (Å²) < 4.78 is 0. The number of nitrogens with one attached hydrogen (secondary N) is 1. The fourth-order valence-electron chi connectivity index (χ4n) is 0.298. The predicted octanol–water partition coefficient (Wildman–Crippen LogP) is 0.912. The lowest BCUT2D eigenvalue weighted by atomic mass is 10.4. The lowest BCUT2D eigenvalue weighted by Crippen LogP contribution is -2.35. The molecular formula is C6H15N2. The van der Waals surface area contributed by atoms with Gasteiger partial charge in [0.15, 0.2) is 0 Å². The minimum Gasteiger partial charge on any atom is -0.237 e. The summed E-state index contributed by atoms with van der Waals surface area (Å²) in [4.78, 5) is 0. The van der Waals surface area contributed by atoms with Crippen LogP contribution < -0.4 is 10.9 Å². The molecule has 2 nitrogen and oxygen atoms in total. The first-order valence-electron chi connectivity index (χ1n) is 3.08.